The second-order valence-corrected chi connectivity index (χ2v) is 6.07. The van der Waals surface area contributed by atoms with E-state index >= 15 is 0 Å². The van der Waals surface area contributed by atoms with Crippen molar-refractivity contribution in [3.05, 3.63) is 59.4 Å². The Hall–Kier alpha value is -2.96. The fourth-order valence-corrected chi connectivity index (χ4v) is 3.15. The third-order valence-electron chi connectivity index (χ3n) is 4.39. The van der Waals surface area contributed by atoms with Crippen molar-refractivity contribution in [1.29, 1.82) is 0 Å². The maximum absolute atomic E-state index is 13.5. The first-order valence-corrected chi connectivity index (χ1v) is 8.26. The number of ether oxygens (including phenoxy) is 2. The molecular formula is C19H16F2N2O3. The Bertz CT molecular complexity index is 984. The lowest BCUT2D eigenvalue weighted by atomic mass is 10.1. The number of hydrogen-bond acceptors (Lipinski definition) is 4. The number of carbonyl (C=O) groups excluding carboxylic acids is 1. The molecule has 0 bridgehead atoms. The summed E-state index contributed by atoms with van der Waals surface area (Å²) >= 11 is 0. The lowest BCUT2D eigenvalue weighted by Gasteiger charge is -2.15. The standard InChI is InChI=1S/C19H16F2N2O3/c1-11(17-22-14-4-2-3-5-15(14)23(17)19(20)21)26-18(24)13-6-7-16-12(10-13)8-9-25-16/h2-7,10-11,19H,8-9H2,1H3. The summed E-state index contributed by atoms with van der Waals surface area (Å²) in [5, 5.41) is 0. The number of esters is 1. The SMILES string of the molecule is CC(OC(=O)c1ccc2c(c1)CCO2)c1nc2ccccc2n1C(F)F. The number of aromatic nitrogens is 2. The first-order valence-electron chi connectivity index (χ1n) is 8.26. The van der Waals surface area contributed by atoms with Crippen molar-refractivity contribution < 1.29 is 23.0 Å². The first-order chi connectivity index (χ1) is 12.5. The molecule has 0 saturated carbocycles. The molecule has 0 radical (unpaired) electrons. The van der Waals surface area contributed by atoms with Gasteiger partial charge in [0.2, 0.25) is 0 Å². The van der Waals surface area contributed by atoms with E-state index in [0.717, 1.165) is 22.3 Å². The number of imidazole rings is 1. The molecule has 134 valence electrons. The molecule has 3 aromatic rings. The molecule has 0 spiro atoms. The summed E-state index contributed by atoms with van der Waals surface area (Å²) in [6.07, 6.45) is -0.193. The summed E-state index contributed by atoms with van der Waals surface area (Å²) in [4.78, 5) is 16.7. The van der Waals surface area contributed by atoms with Gasteiger partial charge in [0.05, 0.1) is 23.2 Å². The Kier molecular flexibility index (Phi) is 4.06. The summed E-state index contributed by atoms with van der Waals surface area (Å²) < 4.78 is 38.7. The summed E-state index contributed by atoms with van der Waals surface area (Å²) in [5.74, 6) is 0.188. The van der Waals surface area contributed by atoms with Gasteiger partial charge < -0.3 is 9.47 Å². The topological polar surface area (TPSA) is 53.4 Å². The van der Waals surface area contributed by atoms with Crippen LogP contribution in [-0.4, -0.2) is 22.1 Å². The maximum atomic E-state index is 13.5. The Morgan fingerprint density at radius 1 is 1.27 bits per heavy atom. The zero-order chi connectivity index (χ0) is 18.3. The molecule has 0 aliphatic carbocycles. The third-order valence-corrected chi connectivity index (χ3v) is 4.39. The quantitative estimate of drug-likeness (QED) is 0.653. The number of benzene rings is 2. The number of hydrogen-bond donors (Lipinski definition) is 0. The number of nitrogens with zero attached hydrogens (tertiary/aromatic N) is 2. The van der Waals surface area contributed by atoms with Gasteiger partial charge in [0.15, 0.2) is 11.9 Å². The summed E-state index contributed by atoms with van der Waals surface area (Å²) in [6.45, 7) is -0.660. The molecule has 0 fully saturated rings. The highest BCUT2D eigenvalue weighted by molar-refractivity contribution is 5.90. The molecular weight excluding hydrogens is 342 g/mol. The minimum absolute atomic E-state index is 0.0130. The van der Waals surface area contributed by atoms with Gasteiger partial charge in [0, 0.05) is 6.42 Å². The normalized spacial score (nSPS) is 14.3. The predicted octanol–water partition coefficient (Wildman–Crippen LogP) is 4.28. The van der Waals surface area contributed by atoms with Crippen LogP contribution in [0.2, 0.25) is 0 Å². The first kappa shape index (κ1) is 16.5. The van der Waals surface area contributed by atoms with Crippen LogP contribution in [0.4, 0.5) is 8.78 Å². The lowest BCUT2D eigenvalue weighted by molar-refractivity contribution is 0.0233. The van der Waals surface area contributed by atoms with E-state index in [0.29, 0.717) is 23.2 Å². The zero-order valence-electron chi connectivity index (χ0n) is 14.0. The largest absolute Gasteiger partial charge is 0.493 e. The minimum Gasteiger partial charge on any atom is -0.493 e. The molecule has 1 aromatic heterocycles. The van der Waals surface area contributed by atoms with E-state index in [-0.39, 0.29) is 5.82 Å². The van der Waals surface area contributed by atoms with E-state index in [4.69, 9.17) is 9.47 Å². The van der Waals surface area contributed by atoms with Crippen LogP contribution in [0.5, 0.6) is 5.75 Å². The third kappa shape index (κ3) is 2.79. The van der Waals surface area contributed by atoms with Crippen molar-refractivity contribution >= 4 is 17.0 Å². The molecule has 5 nitrogen and oxygen atoms in total. The van der Waals surface area contributed by atoms with Gasteiger partial charge in [-0.2, -0.15) is 8.78 Å². The average Bonchev–Trinajstić information content (AvgIpc) is 3.25. The molecule has 4 rings (SSSR count). The molecule has 7 heteroatoms. The van der Waals surface area contributed by atoms with E-state index in [2.05, 4.69) is 4.98 Å². The molecule has 1 unspecified atom stereocenters. The van der Waals surface area contributed by atoms with Gasteiger partial charge in [-0.3, -0.25) is 4.57 Å². The van der Waals surface area contributed by atoms with Gasteiger partial charge in [0.1, 0.15) is 5.75 Å². The second-order valence-electron chi connectivity index (χ2n) is 6.07. The van der Waals surface area contributed by atoms with Crippen molar-refractivity contribution in [2.24, 2.45) is 0 Å². The van der Waals surface area contributed by atoms with E-state index < -0.39 is 18.6 Å². The Balaban J connectivity index is 1.62. The van der Waals surface area contributed by atoms with Crippen LogP contribution < -0.4 is 4.74 Å². The van der Waals surface area contributed by atoms with Gasteiger partial charge in [-0.05, 0) is 42.8 Å². The second kappa shape index (κ2) is 6.40. The monoisotopic (exact) mass is 358 g/mol. The molecule has 26 heavy (non-hydrogen) atoms. The Morgan fingerprint density at radius 3 is 2.88 bits per heavy atom. The molecule has 0 N–H and O–H groups in total. The number of alkyl halides is 2. The molecule has 0 amide bonds. The number of fused-ring (bicyclic) bond motifs is 2. The van der Waals surface area contributed by atoms with Crippen molar-refractivity contribution in [2.45, 2.75) is 26.0 Å². The number of carbonyl (C=O) groups is 1. The fourth-order valence-electron chi connectivity index (χ4n) is 3.15. The van der Waals surface area contributed by atoms with Crippen LogP contribution in [0.25, 0.3) is 11.0 Å². The molecule has 2 aromatic carbocycles. The van der Waals surface area contributed by atoms with Gasteiger partial charge in [-0.25, -0.2) is 9.78 Å². The maximum Gasteiger partial charge on any atom is 0.338 e. The van der Waals surface area contributed by atoms with E-state index in [1.54, 1.807) is 42.5 Å². The van der Waals surface area contributed by atoms with Crippen molar-refractivity contribution in [3.63, 3.8) is 0 Å². The summed E-state index contributed by atoms with van der Waals surface area (Å²) in [6, 6.07) is 11.6. The Labute approximate surface area is 148 Å². The van der Waals surface area contributed by atoms with Gasteiger partial charge in [-0.15, -0.1) is 0 Å². The van der Waals surface area contributed by atoms with Crippen LogP contribution in [-0.2, 0) is 11.2 Å². The Morgan fingerprint density at radius 2 is 2.08 bits per heavy atom. The lowest BCUT2D eigenvalue weighted by Crippen LogP contribution is -2.14. The highest BCUT2D eigenvalue weighted by atomic mass is 19.3. The van der Waals surface area contributed by atoms with Crippen LogP contribution >= 0.6 is 0 Å². The fraction of sp³-hybridized carbons (Fsp3) is 0.263. The molecule has 1 aliphatic heterocycles. The van der Waals surface area contributed by atoms with E-state index in [1.165, 1.54) is 6.92 Å². The van der Waals surface area contributed by atoms with Crippen LogP contribution in [0.1, 0.15) is 41.3 Å². The predicted molar refractivity (Wildman–Crippen MR) is 90.5 cm³/mol. The highest BCUT2D eigenvalue weighted by Gasteiger charge is 2.25. The summed E-state index contributed by atoms with van der Waals surface area (Å²) in [7, 11) is 0. The smallest absolute Gasteiger partial charge is 0.338 e. The summed E-state index contributed by atoms with van der Waals surface area (Å²) in [5.41, 5.74) is 2.03. The molecule has 2 heterocycles. The highest BCUT2D eigenvalue weighted by Crippen LogP contribution is 2.30. The van der Waals surface area contributed by atoms with E-state index in [1.807, 2.05) is 0 Å². The number of halogens is 2. The average molecular weight is 358 g/mol. The molecule has 1 aliphatic rings. The van der Waals surface area contributed by atoms with Crippen LogP contribution in [0.15, 0.2) is 42.5 Å². The van der Waals surface area contributed by atoms with Gasteiger partial charge >= 0.3 is 12.5 Å². The molecule has 1 atom stereocenters. The van der Waals surface area contributed by atoms with Crippen molar-refractivity contribution in [3.8, 4) is 5.75 Å². The molecule has 0 saturated heterocycles. The van der Waals surface area contributed by atoms with Crippen LogP contribution in [0.3, 0.4) is 0 Å². The van der Waals surface area contributed by atoms with Gasteiger partial charge in [0.25, 0.3) is 0 Å². The number of rotatable bonds is 4. The van der Waals surface area contributed by atoms with Crippen molar-refractivity contribution in [2.75, 3.05) is 6.61 Å². The zero-order valence-corrected chi connectivity index (χ0v) is 14.0. The van der Waals surface area contributed by atoms with E-state index in [9.17, 15) is 13.6 Å². The minimum atomic E-state index is -2.78. The number of para-hydroxylation sites is 2. The van der Waals surface area contributed by atoms with Gasteiger partial charge in [-0.1, -0.05) is 12.1 Å². The van der Waals surface area contributed by atoms with Crippen LogP contribution in [0, 0.1) is 0 Å². The van der Waals surface area contributed by atoms with Crippen molar-refractivity contribution in [1.82, 2.24) is 9.55 Å².